The molecule has 0 aliphatic carbocycles. The van der Waals surface area contributed by atoms with Gasteiger partial charge in [0, 0.05) is 26.4 Å². The molecule has 0 bridgehead atoms. The van der Waals surface area contributed by atoms with Crippen LogP contribution in [0.15, 0.2) is 0 Å². The van der Waals surface area contributed by atoms with Crippen LogP contribution in [0.5, 0.6) is 0 Å². The first kappa shape index (κ1) is 24.7. The molecular formula is C17H36O8. The van der Waals surface area contributed by atoms with Gasteiger partial charge in [-0.25, -0.2) is 0 Å². The molecule has 0 fully saturated rings. The highest BCUT2D eigenvalue weighted by Crippen LogP contribution is 2.20. The van der Waals surface area contributed by atoms with Crippen molar-refractivity contribution in [2.75, 3.05) is 52.9 Å². The third kappa shape index (κ3) is 14.5. The van der Waals surface area contributed by atoms with Crippen LogP contribution in [0.3, 0.4) is 0 Å². The molecule has 0 saturated carbocycles. The van der Waals surface area contributed by atoms with Gasteiger partial charge in [0.2, 0.25) is 0 Å². The molecule has 0 rings (SSSR count). The van der Waals surface area contributed by atoms with E-state index in [1.165, 1.54) is 0 Å². The largest absolute Gasteiger partial charge is 0.412 e. The van der Waals surface area contributed by atoms with Crippen molar-refractivity contribution in [2.24, 2.45) is 0 Å². The number of unbranched alkanes of at least 4 members (excludes halogenated alkanes) is 4. The predicted octanol–water partition coefficient (Wildman–Crippen LogP) is 0.754. The molecule has 0 aromatic carbocycles. The summed E-state index contributed by atoms with van der Waals surface area (Å²) < 4.78 is 22.8. The van der Waals surface area contributed by atoms with Crippen LogP contribution in [0.4, 0.5) is 0 Å². The Hall–Kier alpha value is -0.320. The SMILES string of the molecule is OCCCCOC(OCCCCO)(OCCCCO)OCCCCO. The normalized spacial score (nSPS) is 12.0. The van der Waals surface area contributed by atoms with Crippen molar-refractivity contribution in [3.05, 3.63) is 0 Å². The first-order valence-corrected chi connectivity index (χ1v) is 9.24. The molecule has 0 aliphatic rings. The van der Waals surface area contributed by atoms with Crippen molar-refractivity contribution in [3.8, 4) is 0 Å². The van der Waals surface area contributed by atoms with Crippen molar-refractivity contribution in [1.82, 2.24) is 0 Å². The molecular weight excluding hydrogens is 332 g/mol. The van der Waals surface area contributed by atoms with E-state index in [2.05, 4.69) is 0 Å². The minimum atomic E-state index is -1.63. The second-order valence-electron chi connectivity index (χ2n) is 5.62. The maximum atomic E-state index is 8.88. The average molecular weight is 368 g/mol. The van der Waals surface area contributed by atoms with E-state index in [4.69, 9.17) is 39.4 Å². The third-order valence-corrected chi connectivity index (χ3v) is 3.33. The fourth-order valence-electron chi connectivity index (χ4n) is 1.89. The molecule has 0 amide bonds. The Morgan fingerprint density at radius 1 is 0.400 bits per heavy atom. The van der Waals surface area contributed by atoms with E-state index in [0.717, 1.165) is 0 Å². The van der Waals surface area contributed by atoms with Crippen molar-refractivity contribution >= 4 is 0 Å². The van der Waals surface area contributed by atoms with Gasteiger partial charge in [-0.1, -0.05) is 0 Å². The van der Waals surface area contributed by atoms with Crippen LogP contribution >= 0.6 is 0 Å². The number of hydrogen-bond acceptors (Lipinski definition) is 8. The fourth-order valence-corrected chi connectivity index (χ4v) is 1.89. The zero-order valence-corrected chi connectivity index (χ0v) is 15.2. The van der Waals surface area contributed by atoms with Crippen molar-refractivity contribution in [1.29, 1.82) is 0 Å². The van der Waals surface area contributed by atoms with Gasteiger partial charge in [-0.3, -0.25) is 0 Å². The molecule has 0 unspecified atom stereocenters. The summed E-state index contributed by atoms with van der Waals surface area (Å²) in [5, 5.41) is 35.5. The smallest absolute Gasteiger partial charge is 0.396 e. The van der Waals surface area contributed by atoms with Crippen LogP contribution in [0.25, 0.3) is 0 Å². The summed E-state index contributed by atoms with van der Waals surface area (Å²) >= 11 is 0. The lowest BCUT2D eigenvalue weighted by Crippen LogP contribution is -2.43. The van der Waals surface area contributed by atoms with E-state index < -0.39 is 6.16 Å². The van der Waals surface area contributed by atoms with Gasteiger partial charge in [-0.05, 0) is 51.4 Å². The van der Waals surface area contributed by atoms with Gasteiger partial charge in [0.25, 0.3) is 0 Å². The van der Waals surface area contributed by atoms with Crippen LogP contribution in [-0.4, -0.2) is 79.4 Å². The maximum Gasteiger partial charge on any atom is 0.412 e. The zero-order valence-electron chi connectivity index (χ0n) is 15.2. The standard InChI is InChI=1S/C17H36O8/c18-9-1-5-13-22-17(23-14-6-2-10-19,24-15-7-3-11-20)25-16-8-4-12-21/h18-21H,1-16H2. The number of rotatable bonds is 20. The highest BCUT2D eigenvalue weighted by Gasteiger charge is 2.35. The fraction of sp³-hybridized carbons (Fsp3) is 1.00. The zero-order chi connectivity index (χ0) is 18.6. The topological polar surface area (TPSA) is 118 Å². The number of ether oxygens (including phenoxy) is 4. The van der Waals surface area contributed by atoms with Crippen molar-refractivity contribution in [3.63, 3.8) is 0 Å². The van der Waals surface area contributed by atoms with Gasteiger partial charge < -0.3 is 39.4 Å². The Morgan fingerprint density at radius 2 is 0.640 bits per heavy atom. The van der Waals surface area contributed by atoms with E-state index in [1.807, 2.05) is 0 Å². The Labute approximate surface area is 150 Å². The molecule has 25 heavy (non-hydrogen) atoms. The summed E-state index contributed by atoms with van der Waals surface area (Å²) in [5.74, 6) is 0. The molecule has 8 heteroatoms. The van der Waals surface area contributed by atoms with E-state index >= 15 is 0 Å². The molecule has 0 aliphatic heterocycles. The van der Waals surface area contributed by atoms with Crippen LogP contribution in [0.1, 0.15) is 51.4 Å². The van der Waals surface area contributed by atoms with Gasteiger partial charge in [0.15, 0.2) is 0 Å². The summed E-state index contributed by atoms with van der Waals surface area (Å²) in [6.07, 6.45) is 3.35. The molecule has 0 heterocycles. The highest BCUT2D eigenvalue weighted by molar-refractivity contribution is 4.50. The lowest BCUT2D eigenvalue weighted by Gasteiger charge is -2.32. The molecule has 0 aromatic rings. The molecule has 0 spiro atoms. The Balaban J connectivity index is 4.62. The van der Waals surface area contributed by atoms with E-state index in [1.54, 1.807) is 0 Å². The van der Waals surface area contributed by atoms with E-state index in [-0.39, 0.29) is 26.4 Å². The molecule has 0 aromatic heterocycles. The monoisotopic (exact) mass is 368 g/mol. The van der Waals surface area contributed by atoms with Gasteiger partial charge in [-0.2, -0.15) is 0 Å². The molecule has 8 nitrogen and oxygen atoms in total. The minimum Gasteiger partial charge on any atom is -0.396 e. The quantitative estimate of drug-likeness (QED) is 0.184. The van der Waals surface area contributed by atoms with Crippen LogP contribution < -0.4 is 0 Å². The average Bonchev–Trinajstić information content (AvgIpc) is 2.63. The first-order chi connectivity index (χ1) is 12.2. The molecule has 4 N–H and O–H groups in total. The summed E-state index contributed by atoms with van der Waals surface area (Å²) in [5.41, 5.74) is 0. The summed E-state index contributed by atoms with van der Waals surface area (Å²) in [4.78, 5) is 0. The Morgan fingerprint density at radius 3 is 0.840 bits per heavy atom. The van der Waals surface area contributed by atoms with Crippen LogP contribution in [0, 0.1) is 0 Å². The molecule has 0 radical (unpaired) electrons. The first-order valence-electron chi connectivity index (χ1n) is 9.24. The highest BCUT2D eigenvalue weighted by atomic mass is 17.0. The molecule has 0 saturated heterocycles. The number of aliphatic hydroxyl groups is 4. The maximum absolute atomic E-state index is 8.88. The van der Waals surface area contributed by atoms with E-state index in [9.17, 15) is 0 Å². The van der Waals surface area contributed by atoms with Crippen LogP contribution in [-0.2, 0) is 18.9 Å². The van der Waals surface area contributed by atoms with Gasteiger partial charge >= 0.3 is 6.16 Å². The Bertz CT molecular complexity index is 212. The van der Waals surface area contributed by atoms with Gasteiger partial charge in [0.1, 0.15) is 0 Å². The van der Waals surface area contributed by atoms with Crippen molar-refractivity contribution < 1.29 is 39.4 Å². The number of aliphatic hydroxyl groups excluding tert-OH is 4. The van der Waals surface area contributed by atoms with Crippen LogP contribution in [0.2, 0.25) is 0 Å². The minimum absolute atomic E-state index is 0.0857. The number of hydrogen-bond donors (Lipinski definition) is 4. The summed E-state index contributed by atoms with van der Waals surface area (Å²) in [6, 6.07) is 0. The Kier molecular flexibility index (Phi) is 18.2. The lowest BCUT2D eigenvalue weighted by molar-refractivity contribution is -0.499. The second kappa shape index (κ2) is 18.5. The van der Waals surface area contributed by atoms with Gasteiger partial charge in [-0.15, -0.1) is 0 Å². The summed E-state index contributed by atoms with van der Waals surface area (Å²) in [7, 11) is 0. The van der Waals surface area contributed by atoms with E-state index in [0.29, 0.717) is 77.8 Å². The van der Waals surface area contributed by atoms with Crippen molar-refractivity contribution in [2.45, 2.75) is 57.5 Å². The summed E-state index contributed by atoms with van der Waals surface area (Å²) in [6.45, 7) is 1.57. The molecule has 152 valence electrons. The molecule has 0 atom stereocenters. The predicted molar refractivity (Wildman–Crippen MR) is 91.8 cm³/mol. The lowest BCUT2D eigenvalue weighted by atomic mass is 10.3. The second-order valence-corrected chi connectivity index (χ2v) is 5.62. The van der Waals surface area contributed by atoms with Gasteiger partial charge in [0.05, 0.1) is 26.4 Å². The third-order valence-electron chi connectivity index (χ3n) is 3.33.